The number of anilines is 2. The Kier molecular flexibility index (Phi) is 4.72. The fourth-order valence-corrected chi connectivity index (χ4v) is 1.42. The molecule has 1 amide bonds. The molecule has 0 aromatic carbocycles. The van der Waals surface area contributed by atoms with Gasteiger partial charge in [-0.3, -0.25) is 4.79 Å². The van der Waals surface area contributed by atoms with E-state index in [4.69, 9.17) is 17.3 Å². The molecule has 0 aliphatic rings. The summed E-state index contributed by atoms with van der Waals surface area (Å²) in [6.45, 7) is 6.22. The van der Waals surface area contributed by atoms with Gasteiger partial charge in [0.25, 0.3) is 0 Å². The van der Waals surface area contributed by atoms with Gasteiger partial charge in [0, 0.05) is 18.5 Å². The minimum Gasteiger partial charge on any atom is -0.394 e. The van der Waals surface area contributed by atoms with Crippen molar-refractivity contribution in [3.8, 4) is 0 Å². The maximum Gasteiger partial charge on any atom is 0.224 e. The summed E-state index contributed by atoms with van der Waals surface area (Å²) in [7, 11) is 0. The molecule has 0 spiro atoms. The first-order valence-corrected chi connectivity index (χ1v) is 5.98. The molecule has 0 saturated carbocycles. The molecule has 7 heteroatoms. The molecule has 0 unspecified atom stereocenters. The lowest BCUT2D eigenvalue weighted by molar-refractivity contribution is -0.122. The van der Waals surface area contributed by atoms with Gasteiger partial charge in [0.15, 0.2) is 5.82 Å². The molecule has 0 fully saturated rings. The summed E-state index contributed by atoms with van der Waals surface area (Å²) in [5.41, 5.74) is 5.83. The maximum atomic E-state index is 11.6. The normalized spacial score (nSPS) is 11.1. The third kappa shape index (κ3) is 5.18. The Balaban J connectivity index is 2.42. The highest BCUT2D eigenvalue weighted by Crippen LogP contribution is 2.15. The van der Waals surface area contributed by atoms with Gasteiger partial charge in [0.1, 0.15) is 0 Å². The lowest BCUT2D eigenvalue weighted by atomic mass is 10.1. The van der Waals surface area contributed by atoms with Gasteiger partial charge in [-0.2, -0.15) is 4.98 Å². The quantitative estimate of drug-likeness (QED) is 0.721. The Morgan fingerprint density at radius 3 is 2.78 bits per heavy atom. The molecule has 4 N–H and O–H groups in total. The van der Waals surface area contributed by atoms with E-state index >= 15 is 0 Å². The molecule has 0 aliphatic carbocycles. The van der Waals surface area contributed by atoms with Crippen molar-refractivity contribution in [2.45, 2.75) is 32.7 Å². The van der Waals surface area contributed by atoms with Crippen LogP contribution in [0.25, 0.3) is 0 Å². The largest absolute Gasteiger partial charge is 0.394 e. The maximum absolute atomic E-state index is 11.6. The third-order valence-electron chi connectivity index (χ3n) is 1.95. The van der Waals surface area contributed by atoms with E-state index in [1.807, 2.05) is 20.8 Å². The minimum absolute atomic E-state index is 0.0336. The number of rotatable bonds is 4. The summed E-state index contributed by atoms with van der Waals surface area (Å²) < 4.78 is 0. The molecular weight excluding hydrogens is 254 g/mol. The summed E-state index contributed by atoms with van der Waals surface area (Å²) in [4.78, 5) is 19.2. The topological polar surface area (TPSA) is 92.9 Å². The van der Waals surface area contributed by atoms with Crippen molar-refractivity contribution in [1.82, 2.24) is 15.3 Å². The van der Waals surface area contributed by atoms with Crippen LogP contribution in [0, 0.1) is 0 Å². The zero-order valence-corrected chi connectivity index (χ0v) is 11.5. The number of hydrogen-bond acceptors (Lipinski definition) is 5. The highest BCUT2D eigenvalue weighted by Gasteiger charge is 2.13. The average Bonchev–Trinajstić information content (AvgIpc) is 2.20. The van der Waals surface area contributed by atoms with Gasteiger partial charge in [-0.25, -0.2) is 4.98 Å². The van der Waals surface area contributed by atoms with Crippen LogP contribution in [-0.4, -0.2) is 28.0 Å². The highest BCUT2D eigenvalue weighted by atomic mass is 35.5. The second-order valence-electron chi connectivity index (χ2n) is 4.92. The van der Waals surface area contributed by atoms with E-state index < -0.39 is 0 Å². The van der Waals surface area contributed by atoms with Crippen LogP contribution in [0.5, 0.6) is 0 Å². The Labute approximate surface area is 111 Å². The van der Waals surface area contributed by atoms with E-state index in [0.717, 1.165) is 0 Å². The van der Waals surface area contributed by atoms with Crippen molar-refractivity contribution in [2.75, 3.05) is 17.6 Å². The Morgan fingerprint density at radius 1 is 1.50 bits per heavy atom. The molecule has 0 bridgehead atoms. The fourth-order valence-electron chi connectivity index (χ4n) is 1.29. The van der Waals surface area contributed by atoms with Gasteiger partial charge in [-0.05, 0) is 32.4 Å². The first-order chi connectivity index (χ1) is 8.28. The van der Waals surface area contributed by atoms with Gasteiger partial charge in [-0.15, -0.1) is 0 Å². The first kappa shape index (κ1) is 14.5. The fraction of sp³-hybridized carbons (Fsp3) is 0.545. The van der Waals surface area contributed by atoms with Crippen LogP contribution >= 0.6 is 11.6 Å². The molecule has 1 heterocycles. The second-order valence-corrected chi connectivity index (χ2v) is 5.26. The molecule has 0 aliphatic heterocycles. The number of amides is 1. The molecule has 1 aromatic heterocycles. The lowest BCUT2D eigenvalue weighted by Gasteiger charge is -2.20. The summed E-state index contributed by atoms with van der Waals surface area (Å²) in [5.74, 6) is 0.410. The van der Waals surface area contributed by atoms with E-state index in [9.17, 15) is 4.79 Å². The molecular formula is C11H18ClN5O. The molecule has 0 saturated heterocycles. The number of hydrogen-bond donors (Lipinski definition) is 3. The highest BCUT2D eigenvalue weighted by molar-refractivity contribution is 6.28. The minimum atomic E-state index is -0.228. The van der Waals surface area contributed by atoms with Crippen LogP contribution in [0.1, 0.15) is 27.2 Å². The second kappa shape index (κ2) is 5.86. The van der Waals surface area contributed by atoms with E-state index in [1.54, 1.807) is 0 Å². The predicted molar refractivity (Wildman–Crippen MR) is 72.5 cm³/mol. The Bertz CT molecular complexity index is 430. The van der Waals surface area contributed by atoms with Crippen LogP contribution in [-0.2, 0) is 4.79 Å². The van der Waals surface area contributed by atoms with Gasteiger partial charge in [-0.1, -0.05) is 0 Å². The van der Waals surface area contributed by atoms with Gasteiger partial charge in [0.05, 0.1) is 11.9 Å². The SMILES string of the molecule is CC(C)(C)NC(=O)CCNc1nc(Cl)ncc1N. The number of carbonyl (C=O) groups is 1. The summed E-state index contributed by atoms with van der Waals surface area (Å²) in [5, 5.41) is 5.93. The molecule has 1 aromatic rings. The van der Waals surface area contributed by atoms with Crippen molar-refractivity contribution >= 4 is 29.0 Å². The smallest absolute Gasteiger partial charge is 0.224 e. The van der Waals surface area contributed by atoms with Crippen molar-refractivity contribution in [2.24, 2.45) is 0 Å². The van der Waals surface area contributed by atoms with Crippen LogP contribution in [0.3, 0.4) is 0 Å². The first-order valence-electron chi connectivity index (χ1n) is 5.61. The summed E-state index contributed by atoms with van der Waals surface area (Å²) in [6.07, 6.45) is 1.76. The molecule has 100 valence electrons. The number of halogens is 1. The molecule has 6 nitrogen and oxygen atoms in total. The van der Waals surface area contributed by atoms with Crippen molar-refractivity contribution in [3.05, 3.63) is 11.5 Å². The van der Waals surface area contributed by atoms with Crippen molar-refractivity contribution < 1.29 is 4.79 Å². The van der Waals surface area contributed by atoms with Crippen LogP contribution in [0.4, 0.5) is 11.5 Å². The molecule has 1 rings (SSSR count). The molecule has 0 radical (unpaired) electrons. The van der Waals surface area contributed by atoms with E-state index in [1.165, 1.54) is 6.20 Å². The molecule has 0 atom stereocenters. The number of carbonyl (C=O) groups excluding carboxylic acids is 1. The van der Waals surface area contributed by atoms with Crippen molar-refractivity contribution in [3.63, 3.8) is 0 Å². The summed E-state index contributed by atoms with van der Waals surface area (Å²) in [6, 6.07) is 0. The van der Waals surface area contributed by atoms with Crippen LogP contribution in [0.2, 0.25) is 5.28 Å². The number of nitrogens with zero attached hydrogens (tertiary/aromatic N) is 2. The van der Waals surface area contributed by atoms with E-state index in [-0.39, 0.29) is 16.7 Å². The number of nitrogen functional groups attached to an aromatic ring is 1. The number of nitrogens with two attached hydrogens (primary N) is 1. The standard InChI is InChI=1S/C11H18ClN5O/c1-11(2,3)17-8(18)4-5-14-9-7(13)6-15-10(12)16-9/h6H,4-5,13H2,1-3H3,(H,17,18)(H,14,15,16). The summed E-state index contributed by atoms with van der Waals surface area (Å²) >= 11 is 5.65. The Morgan fingerprint density at radius 2 is 2.17 bits per heavy atom. The Hall–Kier alpha value is -1.56. The van der Waals surface area contributed by atoms with Gasteiger partial charge < -0.3 is 16.4 Å². The van der Waals surface area contributed by atoms with E-state index in [2.05, 4.69) is 20.6 Å². The van der Waals surface area contributed by atoms with Gasteiger partial charge in [0.2, 0.25) is 11.2 Å². The number of aromatic nitrogens is 2. The lowest BCUT2D eigenvalue weighted by Crippen LogP contribution is -2.41. The van der Waals surface area contributed by atoms with Crippen molar-refractivity contribution in [1.29, 1.82) is 0 Å². The van der Waals surface area contributed by atoms with Gasteiger partial charge >= 0.3 is 0 Å². The van der Waals surface area contributed by atoms with Crippen LogP contribution in [0.15, 0.2) is 6.20 Å². The zero-order valence-electron chi connectivity index (χ0n) is 10.7. The zero-order chi connectivity index (χ0) is 13.8. The van der Waals surface area contributed by atoms with Crippen LogP contribution < -0.4 is 16.4 Å². The average molecular weight is 272 g/mol. The third-order valence-corrected chi connectivity index (χ3v) is 2.13. The molecule has 18 heavy (non-hydrogen) atoms. The monoisotopic (exact) mass is 271 g/mol. The number of nitrogens with one attached hydrogen (secondary N) is 2. The predicted octanol–water partition coefficient (Wildman–Crippen LogP) is 1.43. The van der Waals surface area contributed by atoms with E-state index in [0.29, 0.717) is 24.5 Å².